The molecule has 1 aromatic rings. The number of aryl methyl sites for hydroxylation is 2. The minimum atomic E-state index is 0. The van der Waals surface area contributed by atoms with Crippen molar-refractivity contribution in [2.24, 2.45) is 0 Å². The Morgan fingerprint density at radius 2 is 1.92 bits per heavy atom. The predicted octanol–water partition coefficient (Wildman–Crippen LogP) is 1.96. The van der Waals surface area contributed by atoms with E-state index in [0.717, 1.165) is 6.42 Å². The summed E-state index contributed by atoms with van der Waals surface area (Å²) in [5.74, 6) is 0.658. The van der Waals surface area contributed by atoms with Gasteiger partial charge in [-0.2, -0.15) is 0 Å². The van der Waals surface area contributed by atoms with Crippen molar-refractivity contribution in [3.63, 3.8) is 0 Å². The topological polar surface area (TPSA) is 38.9 Å². The smallest absolute Gasteiger partial charge is 0.123 e. The maximum Gasteiger partial charge on any atom is 0.123 e. The van der Waals surface area contributed by atoms with Crippen molar-refractivity contribution in [3.8, 4) is 0 Å². The molecule has 0 atom stereocenters. The molecule has 1 aromatic heterocycles. The molecule has 0 spiro atoms. The summed E-state index contributed by atoms with van der Waals surface area (Å²) in [6.45, 7) is 0. The molecule has 2 nitrogen and oxygen atoms in total. The number of nitrogen functional groups attached to an aromatic ring is 1. The van der Waals surface area contributed by atoms with Crippen molar-refractivity contribution in [2.45, 2.75) is 25.7 Å². The number of aromatic nitrogens is 1. The Hall–Kier alpha value is -0.760. The van der Waals surface area contributed by atoms with E-state index in [0.29, 0.717) is 5.82 Å². The zero-order chi connectivity index (χ0) is 7.68. The lowest BCUT2D eigenvalue weighted by Gasteiger charge is -2.13. The molecule has 0 aliphatic heterocycles. The second-order valence-corrected chi connectivity index (χ2v) is 3.05. The van der Waals surface area contributed by atoms with Crippen LogP contribution in [0, 0.1) is 0 Å². The Balaban J connectivity index is 0.000000720. The second kappa shape index (κ2) is 3.76. The number of fused-ring (bicyclic) bond motifs is 1. The number of anilines is 1. The maximum absolute atomic E-state index is 5.57. The van der Waals surface area contributed by atoms with Crippen LogP contribution in [0.3, 0.4) is 0 Å². The monoisotopic (exact) mass is 184 g/mol. The van der Waals surface area contributed by atoms with Crippen LogP contribution in [0.4, 0.5) is 5.82 Å². The Morgan fingerprint density at radius 3 is 2.75 bits per heavy atom. The van der Waals surface area contributed by atoms with Gasteiger partial charge in [0.15, 0.2) is 0 Å². The summed E-state index contributed by atoms with van der Waals surface area (Å²) in [4.78, 5) is 4.29. The first kappa shape index (κ1) is 9.33. The molecule has 0 fully saturated rings. The molecule has 2 rings (SSSR count). The van der Waals surface area contributed by atoms with Crippen molar-refractivity contribution >= 4 is 18.2 Å². The van der Waals surface area contributed by atoms with Gasteiger partial charge in [-0.05, 0) is 37.3 Å². The summed E-state index contributed by atoms with van der Waals surface area (Å²) in [5, 5.41) is 0. The first-order valence-corrected chi connectivity index (χ1v) is 4.10. The van der Waals surface area contributed by atoms with E-state index in [1.54, 1.807) is 0 Å². The highest BCUT2D eigenvalue weighted by Gasteiger charge is 2.09. The van der Waals surface area contributed by atoms with Gasteiger partial charge in [0.2, 0.25) is 0 Å². The molecule has 0 bridgehead atoms. The van der Waals surface area contributed by atoms with E-state index in [2.05, 4.69) is 11.1 Å². The first-order valence-electron chi connectivity index (χ1n) is 4.10. The molecular weight excluding hydrogens is 172 g/mol. The average molecular weight is 185 g/mol. The molecule has 1 heterocycles. The number of pyridine rings is 1. The van der Waals surface area contributed by atoms with E-state index in [-0.39, 0.29) is 12.4 Å². The van der Waals surface area contributed by atoms with Crippen LogP contribution in [0.2, 0.25) is 0 Å². The molecule has 3 heteroatoms. The molecule has 0 unspecified atom stereocenters. The molecule has 0 radical (unpaired) electrons. The fourth-order valence-electron chi connectivity index (χ4n) is 1.60. The SMILES string of the molecule is Cl.Nc1ccc2c(n1)CCCC2. The number of hydrogen-bond acceptors (Lipinski definition) is 2. The summed E-state index contributed by atoms with van der Waals surface area (Å²) in [6.07, 6.45) is 4.87. The summed E-state index contributed by atoms with van der Waals surface area (Å²) >= 11 is 0. The molecule has 0 aromatic carbocycles. The van der Waals surface area contributed by atoms with Crippen LogP contribution < -0.4 is 5.73 Å². The Kier molecular flexibility index (Phi) is 2.93. The fourth-order valence-corrected chi connectivity index (χ4v) is 1.60. The van der Waals surface area contributed by atoms with Crippen LogP contribution >= 0.6 is 12.4 Å². The van der Waals surface area contributed by atoms with E-state index in [4.69, 9.17) is 5.73 Å². The fraction of sp³-hybridized carbons (Fsp3) is 0.444. The molecule has 1 aliphatic rings. The van der Waals surface area contributed by atoms with Crippen LogP contribution in [0.5, 0.6) is 0 Å². The second-order valence-electron chi connectivity index (χ2n) is 3.05. The minimum Gasteiger partial charge on any atom is -0.384 e. The molecule has 0 saturated heterocycles. The number of halogens is 1. The first-order chi connectivity index (χ1) is 5.36. The molecule has 0 saturated carbocycles. The van der Waals surface area contributed by atoms with Crippen molar-refractivity contribution in [2.75, 3.05) is 5.73 Å². The average Bonchev–Trinajstić information content (AvgIpc) is 2.04. The largest absolute Gasteiger partial charge is 0.384 e. The molecular formula is C9H13ClN2. The minimum absolute atomic E-state index is 0. The summed E-state index contributed by atoms with van der Waals surface area (Å²) in [6, 6.07) is 4.00. The lowest BCUT2D eigenvalue weighted by atomic mass is 9.96. The number of nitrogens with two attached hydrogens (primary N) is 1. The highest BCUT2D eigenvalue weighted by Crippen LogP contribution is 2.19. The third-order valence-electron chi connectivity index (χ3n) is 2.20. The standard InChI is InChI=1S/C9H12N2.ClH/c10-9-6-5-7-3-1-2-4-8(7)11-9;/h5-6H,1-4H2,(H2,10,11);1H. The van der Waals surface area contributed by atoms with E-state index >= 15 is 0 Å². The van der Waals surface area contributed by atoms with Crippen LogP contribution in [-0.4, -0.2) is 4.98 Å². The van der Waals surface area contributed by atoms with Gasteiger partial charge >= 0.3 is 0 Å². The normalized spacial score (nSPS) is 14.7. The van der Waals surface area contributed by atoms with Crippen LogP contribution in [0.25, 0.3) is 0 Å². The van der Waals surface area contributed by atoms with Crippen molar-refractivity contribution in [1.29, 1.82) is 0 Å². The van der Waals surface area contributed by atoms with Crippen molar-refractivity contribution < 1.29 is 0 Å². The number of hydrogen-bond donors (Lipinski definition) is 1. The quantitative estimate of drug-likeness (QED) is 0.670. The van der Waals surface area contributed by atoms with Gasteiger partial charge in [-0.15, -0.1) is 12.4 Å². The van der Waals surface area contributed by atoms with Crippen LogP contribution in [0.15, 0.2) is 12.1 Å². The zero-order valence-corrected chi connectivity index (χ0v) is 7.73. The molecule has 1 aliphatic carbocycles. The van der Waals surface area contributed by atoms with Gasteiger partial charge in [-0.1, -0.05) is 6.07 Å². The van der Waals surface area contributed by atoms with E-state index in [1.807, 2.05) is 6.07 Å². The lowest BCUT2D eigenvalue weighted by molar-refractivity contribution is 0.669. The Labute approximate surface area is 78.6 Å². The molecule has 0 amide bonds. The van der Waals surface area contributed by atoms with E-state index in [9.17, 15) is 0 Å². The van der Waals surface area contributed by atoms with E-state index < -0.39 is 0 Å². The van der Waals surface area contributed by atoms with Crippen molar-refractivity contribution in [1.82, 2.24) is 4.98 Å². The molecule has 12 heavy (non-hydrogen) atoms. The van der Waals surface area contributed by atoms with Crippen molar-refractivity contribution in [3.05, 3.63) is 23.4 Å². The van der Waals surface area contributed by atoms with E-state index in [1.165, 1.54) is 30.5 Å². The summed E-state index contributed by atoms with van der Waals surface area (Å²) < 4.78 is 0. The predicted molar refractivity (Wildman–Crippen MR) is 52.5 cm³/mol. The summed E-state index contributed by atoms with van der Waals surface area (Å²) in [7, 11) is 0. The highest BCUT2D eigenvalue weighted by molar-refractivity contribution is 5.85. The van der Waals surface area contributed by atoms with Gasteiger partial charge in [0, 0.05) is 5.69 Å². The highest BCUT2D eigenvalue weighted by atomic mass is 35.5. The van der Waals surface area contributed by atoms with Crippen LogP contribution in [-0.2, 0) is 12.8 Å². The van der Waals surface area contributed by atoms with Gasteiger partial charge in [-0.3, -0.25) is 0 Å². The van der Waals surface area contributed by atoms with Gasteiger partial charge < -0.3 is 5.73 Å². The number of nitrogens with zero attached hydrogens (tertiary/aromatic N) is 1. The maximum atomic E-state index is 5.57. The summed E-state index contributed by atoms with van der Waals surface area (Å²) in [5.41, 5.74) is 8.18. The van der Waals surface area contributed by atoms with Gasteiger partial charge in [-0.25, -0.2) is 4.98 Å². The molecule has 66 valence electrons. The Bertz CT molecular complexity index is 273. The third-order valence-corrected chi connectivity index (χ3v) is 2.20. The van der Waals surface area contributed by atoms with Gasteiger partial charge in [0.05, 0.1) is 0 Å². The number of rotatable bonds is 0. The van der Waals surface area contributed by atoms with Gasteiger partial charge in [0.25, 0.3) is 0 Å². The third kappa shape index (κ3) is 1.69. The lowest BCUT2D eigenvalue weighted by Crippen LogP contribution is -2.06. The van der Waals surface area contributed by atoms with Crippen LogP contribution in [0.1, 0.15) is 24.1 Å². The van der Waals surface area contributed by atoms with Gasteiger partial charge in [0.1, 0.15) is 5.82 Å². The Morgan fingerprint density at radius 1 is 1.17 bits per heavy atom. The zero-order valence-electron chi connectivity index (χ0n) is 6.92. The molecule has 2 N–H and O–H groups in total.